The van der Waals surface area contributed by atoms with Crippen molar-refractivity contribution in [2.45, 2.75) is 51.8 Å². The van der Waals surface area contributed by atoms with E-state index in [9.17, 15) is 5.11 Å². The number of benzene rings is 1. The van der Waals surface area contributed by atoms with E-state index in [0.717, 1.165) is 30.7 Å². The molecule has 0 saturated heterocycles. The third kappa shape index (κ3) is 7.71. The van der Waals surface area contributed by atoms with Crippen LogP contribution in [0.15, 0.2) is 60.7 Å². The predicted molar refractivity (Wildman–Crippen MR) is 115 cm³/mol. The fourth-order valence-electron chi connectivity index (χ4n) is 3.13. The van der Waals surface area contributed by atoms with Crippen LogP contribution in [0.1, 0.15) is 38.7 Å². The van der Waals surface area contributed by atoms with Gasteiger partial charge in [-0.05, 0) is 36.1 Å². The molecule has 27 heavy (non-hydrogen) atoms. The molecular weight excluding hydrogens is 336 g/mol. The quantitative estimate of drug-likeness (QED) is 0.722. The molecule has 0 heterocycles. The molecule has 0 bridgehead atoms. The average molecular weight is 373 g/mol. The molecule has 2 unspecified atom stereocenters. The largest absolute Gasteiger partial charge is 0.497 e. The monoisotopic (exact) mass is 372 g/mol. The van der Waals surface area contributed by atoms with Crippen molar-refractivity contribution >= 4 is 0 Å². The molecule has 0 aliphatic heterocycles. The first-order chi connectivity index (χ1) is 13.0. The second-order valence-corrected chi connectivity index (χ2v) is 6.97. The SMILES string of the molecule is C=C/C=C1/CC(N(Cc2ccc(OC)cc2)CC(O)CN)CC1=C.CCC. The lowest BCUT2D eigenvalue weighted by Gasteiger charge is -2.30. The molecule has 4 nitrogen and oxygen atoms in total. The summed E-state index contributed by atoms with van der Waals surface area (Å²) in [5.41, 5.74) is 9.21. The molecule has 1 aliphatic carbocycles. The van der Waals surface area contributed by atoms with Crippen molar-refractivity contribution in [1.29, 1.82) is 0 Å². The van der Waals surface area contributed by atoms with Crippen LogP contribution in [0.2, 0.25) is 0 Å². The minimum atomic E-state index is -0.524. The van der Waals surface area contributed by atoms with Gasteiger partial charge >= 0.3 is 0 Å². The first-order valence-electron chi connectivity index (χ1n) is 9.73. The summed E-state index contributed by atoms with van der Waals surface area (Å²) in [5, 5.41) is 10.0. The topological polar surface area (TPSA) is 58.7 Å². The van der Waals surface area contributed by atoms with Crippen LogP contribution in [0.5, 0.6) is 5.75 Å². The number of hydrogen-bond acceptors (Lipinski definition) is 4. The Balaban J connectivity index is 0.00000114. The molecule has 2 rings (SSSR count). The van der Waals surface area contributed by atoms with Crippen molar-refractivity contribution in [2.24, 2.45) is 5.73 Å². The van der Waals surface area contributed by atoms with Gasteiger partial charge in [0.2, 0.25) is 0 Å². The summed E-state index contributed by atoms with van der Waals surface area (Å²) in [6.07, 6.45) is 6.41. The van der Waals surface area contributed by atoms with Gasteiger partial charge in [-0.3, -0.25) is 4.90 Å². The Morgan fingerprint density at radius 2 is 1.93 bits per heavy atom. The van der Waals surface area contributed by atoms with Gasteiger partial charge in [-0.25, -0.2) is 0 Å². The highest BCUT2D eigenvalue weighted by Crippen LogP contribution is 2.33. The zero-order valence-corrected chi connectivity index (χ0v) is 17.2. The lowest BCUT2D eigenvalue weighted by atomic mass is 10.1. The van der Waals surface area contributed by atoms with Crippen molar-refractivity contribution in [1.82, 2.24) is 4.90 Å². The number of ether oxygens (including phenoxy) is 1. The Kier molecular flexibility index (Phi) is 10.7. The van der Waals surface area contributed by atoms with Gasteiger partial charge in [-0.1, -0.05) is 63.3 Å². The first-order valence-corrected chi connectivity index (χ1v) is 9.73. The molecule has 0 amide bonds. The van der Waals surface area contributed by atoms with E-state index in [-0.39, 0.29) is 6.54 Å². The minimum Gasteiger partial charge on any atom is -0.497 e. The van der Waals surface area contributed by atoms with E-state index in [1.54, 1.807) is 7.11 Å². The summed E-state index contributed by atoms with van der Waals surface area (Å²) in [6.45, 7) is 13.8. The highest BCUT2D eigenvalue weighted by atomic mass is 16.5. The average Bonchev–Trinajstić information content (AvgIpc) is 3.03. The van der Waals surface area contributed by atoms with Crippen molar-refractivity contribution in [3.05, 3.63) is 66.3 Å². The lowest BCUT2D eigenvalue weighted by molar-refractivity contribution is 0.0896. The molecule has 1 aliphatic rings. The van der Waals surface area contributed by atoms with E-state index in [4.69, 9.17) is 10.5 Å². The smallest absolute Gasteiger partial charge is 0.118 e. The van der Waals surface area contributed by atoms with Crippen molar-refractivity contribution in [3.63, 3.8) is 0 Å². The molecule has 1 fully saturated rings. The molecule has 0 aromatic heterocycles. The number of nitrogens with zero attached hydrogens (tertiary/aromatic N) is 1. The van der Waals surface area contributed by atoms with Gasteiger partial charge in [0, 0.05) is 25.7 Å². The first kappa shape index (κ1) is 23.2. The van der Waals surface area contributed by atoms with E-state index >= 15 is 0 Å². The molecule has 1 aromatic carbocycles. The van der Waals surface area contributed by atoms with Gasteiger partial charge in [0.1, 0.15) is 5.75 Å². The fourth-order valence-corrected chi connectivity index (χ4v) is 3.13. The van der Waals surface area contributed by atoms with Crippen LogP contribution < -0.4 is 10.5 Å². The second kappa shape index (κ2) is 12.5. The van der Waals surface area contributed by atoms with Crippen molar-refractivity contribution in [3.8, 4) is 5.75 Å². The Labute approximate surface area is 165 Å². The zero-order valence-electron chi connectivity index (χ0n) is 17.2. The maximum atomic E-state index is 10.0. The van der Waals surface area contributed by atoms with Gasteiger partial charge < -0.3 is 15.6 Å². The van der Waals surface area contributed by atoms with E-state index in [1.807, 2.05) is 24.3 Å². The van der Waals surface area contributed by atoms with Gasteiger partial charge in [-0.15, -0.1) is 0 Å². The molecule has 1 aromatic rings. The summed E-state index contributed by atoms with van der Waals surface area (Å²) < 4.78 is 5.21. The lowest BCUT2D eigenvalue weighted by Crippen LogP contribution is -2.41. The van der Waals surface area contributed by atoms with Crippen LogP contribution in [0.25, 0.3) is 0 Å². The molecular formula is C23H36N2O2. The van der Waals surface area contributed by atoms with E-state index in [1.165, 1.54) is 17.6 Å². The molecule has 4 heteroatoms. The Morgan fingerprint density at radius 1 is 1.30 bits per heavy atom. The van der Waals surface area contributed by atoms with E-state index in [0.29, 0.717) is 12.6 Å². The number of aliphatic hydroxyl groups is 1. The van der Waals surface area contributed by atoms with Crippen molar-refractivity contribution < 1.29 is 9.84 Å². The van der Waals surface area contributed by atoms with Gasteiger partial charge in [0.05, 0.1) is 13.2 Å². The van der Waals surface area contributed by atoms with Gasteiger partial charge in [0.15, 0.2) is 0 Å². The zero-order chi connectivity index (χ0) is 20.2. The fraction of sp³-hybridized carbons (Fsp3) is 0.478. The van der Waals surface area contributed by atoms with Crippen LogP contribution in [-0.4, -0.2) is 42.4 Å². The standard InChI is InChI=1S/C20H28N2O2.C3H8/c1-4-5-17-11-18(10-15(17)2)22(14-19(23)12-21)13-16-6-8-20(24-3)9-7-16;1-3-2/h4-9,18-19,23H,1-2,10-14,21H2,3H3;3H2,1-2H3/b17-5-;. The maximum Gasteiger partial charge on any atom is 0.118 e. The summed E-state index contributed by atoms with van der Waals surface area (Å²) >= 11 is 0. The highest BCUT2D eigenvalue weighted by molar-refractivity contribution is 5.37. The van der Waals surface area contributed by atoms with E-state index < -0.39 is 6.10 Å². The predicted octanol–water partition coefficient (Wildman–Crippen LogP) is 4.06. The van der Waals surface area contributed by atoms with Crippen LogP contribution in [-0.2, 0) is 6.54 Å². The van der Waals surface area contributed by atoms with Crippen LogP contribution in [0.4, 0.5) is 0 Å². The number of allylic oxidation sites excluding steroid dienone is 2. The normalized spacial score (nSPS) is 19.0. The van der Waals surface area contributed by atoms with Gasteiger partial charge in [-0.2, -0.15) is 0 Å². The minimum absolute atomic E-state index is 0.266. The molecule has 1 saturated carbocycles. The molecule has 3 N–H and O–H groups in total. The number of nitrogens with two attached hydrogens (primary N) is 1. The molecule has 0 radical (unpaired) electrons. The van der Waals surface area contributed by atoms with E-state index in [2.05, 4.69) is 44.0 Å². The highest BCUT2D eigenvalue weighted by Gasteiger charge is 2.28. The molecule has 2 atom stereocenters. The summed E-state index contributed by atoms with van der Waals surface area (Å²) in [7, 11) is 1.66. The second-order valence-electron chi connectivity index (χ2n) is 6.97. The number of hydrogen-bond donors (Lipinski definition) is 2. The maximum absolute atomic E-state index is 10.0. The third-order valence-corrected chi connectivity index (χ3v) is 4.49. The van der Waals surface area contributed by atoms with Gasteiger partial charge in [0.25, 0.3) is 0 Å². The molecule has 0 spiro atoms. The number of aliphatic hydroxyl groups excluding tert-OH is 1. The molecule has 150 valence electrons. The Bertz CT molecular complexity index is 607. The van der Waals surface area contributed by atoms with Crippen LogP contribution in [0.3, 0.4) is 0 Å². The summed E-state index contributed by atoms with van der Waals surface area (Å²) in [4.78, 5) is 2.30. The Hall–Kier alpha value is -1.88. The summed E-state index contributed by atoms with van der Waals surface area (Å²) in [5.74, 6) is 0.845. The number of rotatable bonds is 8. The number of methoxy groups -OCH3 is 1. The van der Waals surface area contributed by atoms with Crippen LogP contribution in [0, 0.1) is 0 Å². The Morgan fingerprint density at radius 3 is 2.44 bits per heavy atom. The summed E-state index contributed by atoms with van der Waals surface area (Å²) in [6, 6.07) is 8.37. The van der Waals surface area contributed by atoms with Crippen LogP contribution >= 0.6 is 0 Å². The van der Waals surface area contributed by atoms with Crippen molar-refractivity contribution in [2.75, 3.05) is 20.2 Å². The third-order valence-electron chi connectivity index (χ3n) is 4.49.